The monoisotopic (exact) mass is 399 g/mol. The number of rotatable bonds is 3. The third kappa shape index (κ3) is 2.90. The van der Waals surface area contributed by atoms with Crippen LogP contribution in [0, 0.1) is 6.92 Å². The molecule has 0 radical (unpaired) electrons. The van der Waals surface area contributed by atoms with Gasteiger partial charge in [0.25, 0.3) is 10.0 Å². The van der Waals surface area contributed by atoms with Crippen molar-refractivity contribution in [3.8, 4) is 0 Å². The van der Waals surface area contributed by atoms with Crippen molar-refractivity contribution in [1.29, 1.82) is 0 Å². The van der Waals surface area contributed by atoms with Crippen molar-refractivity contribution in [3.63, 3.8) is 0 Å². The zero-order chi connectivity index (χ0) is 15.1. The third-order valence-electron chi connectivity index (χ3n) is 2.37. The minimum Gasteiger partial charge on any atom is -0.275 e. The molecule has 0 unspecified atom stereocenters. The lowest BCUT2D eigenvalue weighted by Crippen LogP contribution is -2.18. The molecule has 2 rings (SSSR count). The molecule has 0 aromatic carbocycles. The van der Waals surface area contributed by atoms with Gasteiger partial charge in [-0.15, -0.1) is 5.10 Å². The highest BCUT2D eigenvalue weighted by molar-refractivity contribution is 9.10. The summed E-state index contributed by atoms with van der Waals surface area (Å²) in [5.41, 5.74) is 0.703. The number of aryl methyl sites for hydroxylation is 2. The van der Waals surface area contributed by atoms with E-state index in [0.29, 0.717) is 5.56 Å². The standard InChI is InChI=1S/C9H8BrCl2N5O2S/c1-4-3-5(11)13-8(12)6(4)15-20(18,19)9-7(10)14-16-17(9)2/h3,15H,1-2H3. The van der Waals surface area contributed by atoms with E-state index in [2.05, 4.69) is 35.9 Å². The fraction of sp³-hybridized carbons (Fsp3) is 0.222. The number of halogens is 3. The Morgan fingerprint density at radius 2 is 2.05 bits per heavy atom. The second-order valence-electron chi connectivity index (χ2n) is 3.84. The Hall–Kier alpha value is -0.900. The van der Waals surface area contributed by atoms with E-state index in [1.165, 1.54) is 13.1 Å². The van der Waals surface area contributed by atoms with E-state index < -0.39 is 10.0 Å². The van der Waals surface area contributed by atoms with Crippen molar-refractivity contribution in [1.82, 2.24) is 20.0 Å². The Balaban J connectivity index is 2.50. The fourth-order valence-corrected chi connectivity index (χ4v) is 4.38. The molecule has 0 saturated carbocycles. The first-order valence-corrected chi connectivity index (χ1v) is 8.16. The van der Waals surface area contributed by atoms with E-state index in [1.807, 2.05) is 0 Å². The molecule has 0 saturated heterocycles. The number of hydrogen-bond donors (Lipinski definition) is 1. The van der Waals surface area contributed by atoms with Crippen molar-refractivity contribution < 1.29 is 8.42 Å². The summed E-state index contributed by atoms with van der Waals surface area (Å²) in [7, 11) is -2.46. The van der Waals surface area contributed by atoms with Gasteiger partial charge in [0.1, 0.15) is 5.15 Å². The van der Waals surface area contributed by atoms with Crippen LogP contribution in [-0.2, 0) is 17.1 Å². The van der Waals surface area contributed by atoms with Crippen molar-refractivity contribution in [2.75, 3.05) is 4.72 Å². The molecule has 108 valence electrons. The maximum absolute atomic E-state index is 12.3. The van der Waals surface area contributed by atoms with Crippen LogP contribution >= 0.6 is 39.1 Å². The Morgan fingerprint density at radius 3 is 2.55 bits per heavy atom. The van der Waals surface area contributed by atoms with Crippen LogP contribution in [0.25, 0.3) is 0 Å². The van der Waals surface area contributed by atoms with Crippen molar-refractivity contribution in [3.05, 3.63) is 26.5 Å². The van der Waals surface area contributed by atoms with Gasteiger partial charge in [-0.25, -0.2) is 9.67 Å². The summed E-state index contributed by atoms with van der Waals surface area (Å²) in [6, 6.07) is 1.50. The first-order chi connectivity index (χ1) is 9.22. The van der Waals surface area contributed by atoms with E-state index in [4.69, 9.17) is 23.2 Å². The molecule has 0 aliphatic heterocycles. The molecule has 11 heteroatoms. The molecule has 0 aliphatic carbocycles. The molecule has 20 heavy (non-hydrogen) atoms. The highest BCUT2D eigenvalue weighted by Crippen LogP contribution is 2.29. The maximum Gasteiger partial charge on any atom is 0.282 e. The van der Waals surface area contributed by atoms with Crippen LogP contribution in [0.15, 0.2) is 15.7 Å². The fourth-order valence-electron chi connectivity index (χ4n) is 1.51. The number of pyridine rings is 1. The lowest BCUT2D eigenvalue weighted by molar-refractivity contribution is 0.578. The average Bonchev–Trinajstić information content (AvgIpc) is 2.64. The second kappa shape index (κ2) is 5.47. The third-order valence-corrected chi connectivity index (χ3v) is 5.07. The molecular formula is C9H8BrCl2N5O2S. The lowest BCUT2D eigenvalue weighted by atomic mass is 10.3. The minimum absolute atomic E-state index is 0.0372. The maximum atomic E-state index is 12.3. The van der Waals surface area contributed by atoms with E-state index in [-0.39, 0.29) is 25.6 Å². The van der Waals surface area contributed by atoms with Gasteiger partial charge in [-0.3, -0.25) is 4.72 Å². The van der Waals surface area contributed by atoms with Gasteiger partial charge >= 0.3 is 0 Å². The number of anilines is 1. The van der Waals surface area contributed by atoms with Gasteiger partial charge in [-0.2, -0.15) is 8.42 Å². The van der Waals surface area contributed by atoms with Gasteiger partial charge < -0.3 is 0 Å². The topological polar surface area (TPSA) is 89.8 Å². The van der Waals surface area contributed by atoms with Crippen LogP contribution in [0.4, 0.5) is 5.69 Å². The predicted molar refractivity (Wildman–Crippen MR) is 78.5 cm³/mol. The molecule has 7 nitrogen and oxygen atoms in total. The SMILES string of the molecule is Cc1cc(Cl)nc(Cl)c1NS(=O)(=O)c1c(Br)nnn1C. The quantitative estimate of drug-likeness (QED) is 0.798. The van der Waals surface area contributed by atoms with Gasteiger partial charge in [0.05, 0.1) is 5.69 Å². The first kappa shape index (κ1) is 15.5. The summed E-state index contributed by atoms with van der Waals surface area (Å²) in [5, 5.41) is 7.26. The van der Waals surface area contributed by atoms with E-state index in [0.717, 1.165) is 4.68 Å². The molecule has 0 spiro atoms. The summed E-state index contributed by atoms with van der Waals surface area (Å²) in [4.78, 5) is 3.80. The number of hydrogen-bond acceptors (Lipinski definition) is 5. The molecule has 0 amide bonds. The molecule has 2 aromatic heterocycles. The van der Waals surface area contributed by atoms with Crippen LogP contribution in [0.3, 0.4) is 0 Å². The molecule has 0 fully saturated rings. The van der Waals surface area contributed by atoms with Gasteiger partial charge in [0.2, 0.25) is 5.03 Å². The van der Waals surface area contributed by atoms with E-state index in [9.17, 15) is 8.42 Å². The Morgan fingerprint density at radius 1 is 1.40 bits per heavy atom. The van der Waals surface area contributed by atoms with Crippen LogP contribution in [0.5, 0.6) is 0 Å². The summed E-state index contributed by atoms with van der Waals surface area (Å²) < 4.78 is 28.2. The molecular weight excluding hydrogens is 393 g/mol. The van der Waals surface area contributed by atoms with Crippen LogP contribution < -0.4 is 4.72 Å². The highest BCUT2D eigenvalue weighted by atomic mass is 79.9. The Labute approximate surface area is 133 Å². The number of sulfonamides is 1. The zero-order valence-corrected chi connectivity index (χ0v) is 14.1. The normalized spacial score (nSPS) is 11.7. The molecule has 0 atom stereocenters. The van der Waals surface area contributed by atoms with Crippen LogP contribution in [-0.4, -0.2) is 28.4 Å². The van der Waals surface area contributed by atoms with Crippen LogP contribution in [0.2, 0.25) is 10.3 Å². The molecule has 2 aromatic rings. The minimum atomic E-state index is -3.92. The molecule has 2 heterocycles. The highest BCUT2D eigenvalue weighted by Gasteiger charge is 2.25. The second-order valence-corrected chi connectivity index (χ2v) is 6.94. The summed E-state index contributed by atoms with van der Waals surface area (Å²) in [6.07, 6.45) is 0. The average molecular weight is 401 g/mol. The van der Waals surface area contributed by atoms with E-state index >= 15 is 0 Å². The summed E-state index contributed by atoms with van der Waals surface area (Å²) in [6.45, 7) is 1.66. The van der Waals surface area contributed by atoms with Crippen LogP contribution in [0.1, 0.15) is 5.56 Å². The van der Waals surface area contributed by atoms with Gasteiger partial charge in [-0.05, 0) is 34.5 Å². The number of nitrogens with one attached hydrogen (secondary N) is 1. The number of nitrogens with zero attached hydrogens (tertiary/aromatic N) is 4. The molecule has 0 bridgehead atoms. The Kier molecular flexibility index (Phi) is 4.24. The zero-order valence-electron chi connectivity index (χ0n) is 10.2. The predicted octanol–water partition coefficient (Wildman–Crippen LogP) is 2.39. The van der Waals surface area contributed by atoms with Gasteiger partial charge in [0, 0.05) is 7.05 Å². The van der Waals surface area contributed by atoms with Gasteiger partial charge in [0.15, 0.2) is 9.76 Å². The smallest absolute Gasteiger partial charge is 0.275 e. The Bertz CT molecular complexity index is 734. The van der Waals surface area contributed by atoms with E-state index in [1.54, 1.807) is 6.92 Å². The first-order valence-electron chi connectivity index (χ1n) is 5.13. The van der Waals surface area contributed by atoms with Crippen molar-refractivity contribution >= 4 is 54.8 Å². The molecule has 0 aliphatic rings. The van der Waals surface area contributed by atoms with Crippen molar-refractivity contribution in [2.45, 2.75) is 11.9 Å². The largest absolute Gasteiger partial charge is 0.282 e. The number of aromatic nitrogens is 4. The lowest BCUT2D eigenvalue weighted by Gasteiger charge is -2.11. The summed E-state index contributed by atoms with van der Waals surface area (Å²) in [5.74, 6) is 0. The summed E-state index contributed by atoms with van der Waals surface area (Å²) >= 11 is 14.7. The van der Waals surface area contributed by atoms with Gasteiger partial charge in [-0.1, -0.05) is 28.4 Å². The van der Waals surface area contributed by atoms with Crippen molar-refractivity contribution in [2.24, 2.45) is 7.05 Å². The molecule has 1 N–H and O–H groups in total.